The molecule has 11 nitrogen and oxygen atoms in total. The van der Waals surface area contributed by atoms with Crippen LogP contribution in [0.1, 0.15) is 43.6 Å². The number of nitrogens with one attached hydrogen (secondary N) is 1. The summed E-state index contributed by atoms with van der Waals surface area (Å²) in [6.45, 7) is 6.31. The molecule has 43 heavy (non-hydrogen) atoms. The average Bonchev–Trinajstić information content (AvgIpc) is 3.07. The van der Waals surface area contributed by atoms with Crippen LogP contribution in [0.25, 0.3) is 10.8 Å². The first-order chi connectivity index (χ1) is 20.2. The van der Waals surface area contributed by atoms with Crippen molar-refractivity contribution in [3.8, 4) is 11.5 Å². The number of carbonyl (C=O) groups is 4. The molecule has 1 aliphatic heterocycles. The van der Waals surface area contributed by atoms with Crippen molar-refractivity contribution in [3.63, 3.8) is 0 Å². The molecule has 2 atom stereocenters. The predicted molar refractivity (Wildman–Crippen MR) is 164 cm³/mol. The summed E-state index contributed by atoms with van der Waals surface area (Å²) in [5.41, 5.74) is 0.0165. The second kappa shape index (κ2) is 12.5. The van der Waals surface area contributed by atoms with Crippen LogP contribution in [0.4, 0.5) is 10.5 Å². The van der Waals surface area contributed by atoms with Crippen molar-refractivity contribution >= 4 is 56.3 Å². The number of para-hydroxylation sites is 1. The second-order valence-electron chi connectivity index (χ2n) is 11.1. The first-order valence-corrected chi connectivity index (χ1v) is 14.3. The number of aromatic carboxylic acids is 1. The van der Waals surface area contributed by atoms with Gasteiger partial charge in [0.2, 0.25) is 5.91 Å². The normalized spacial score (nSPS) is 15.6. The topological polar surface area (TPSA) is 135 Å². The van der Waals surface area contributed by atoms with E-state index >= 15 is 0 Å². The number of fused-ring (bicyclic) bond motifs is 2. The Hall–Kier alpha value is -4.32. The van der Waals surface area contributed by atoms with E-state index in [2.05, 4.69) is 21.2 Å². The molecular weight excluding hydrogens is 622 g/mol. The number of nitrogens with zero attached hydrogens (tertiary/aromatic N) is 2. The zero-order chi connectivity index (χ0) is 31.6. The summed E-state index contributed by atoms with van der Waals surface area (Å²) < 4.78 is 17.8. The van der Waals surface area contributed by atoms with Crippen molar-refractivity contribution in [2.75, 3.05) is 25.7 Å². The largest absolute Gasteiger partial charge is 0.496 e. The molecule has 0 aromatic heterocycles. The van der Waals surface area contributed by atoms with E-state index in [9.17, 15) is 24.3 Å². The van der Waals surface area contributed by atoms with E-state index in [0.29, 0.717) is 11.3 Å². The molecule has 0 saturated carbocycles. The van der Waals surface area contributed by atoms with Crippen LogP contribution in [0.3, 0.4) is 0 Å². The Labute approximate surface area is 257 Å². The Bertz CT molecular complexity index is 1590. The number of halogens is 1. The van der Waals surface area contributed by atoms with Gasteiger partial charge in [-0.2, -0.15) is 0 Å². The highest BCUT2D eigenvalue weighted by Gasteiger charge is 2.37. The summed E-state index contributed by atoms with van der Waals surface area (Å²) >= 11 is 3.49. The van der Waals surface area contributed by atoms with Gasteiger partial charge >= 0.3 is 12.1 Å². The molecule has 12 heteroatoms. The van der Waals surface area contributed by atoms with Gasteiger partial charge in [0.25, 0.3) is 5.91 Å². The number of carbonyl (C=O) groups excluding carboxylic acids is 3. The number of amides is 3. The number of methoxy groups -OCH3 is 1. The van der Waals surface area contributed by atoms with E-state index in [-0.39, 0.29) is 30.2 Å². The third-order valence-corrected chi connectivity index (χ3v) is 7.51. The lowest BCUT2D eigenvalue weighted by molar-refractivity contribution is -0.130. The minimum absolute atomic E-state index is 0.000897. The molecule has 4 rings (SSSR count). The van der Waals surface area contributed by atoms with E-state index in [0.717, 1.165) is 20.1 Å². The van der Waals surface area contributed by atoms with Gasteiger partial charge in [-0.05, 0) is 68.8 Å². The van der Waals surface area contributed by atoms with E-state index in [1.165, 1.54) is 38.1 Å². The van der Waals surface area contributed by atoms with Crippen molar-refractivity contribution in [3.05, 3.63) is 64.1 Å². The lowest BCUT2D eigenvalue weighted by Gasteiger charge is -2.30. The highest BCUT2D eigenvalue weighted by atomic mass is 79.9. The first kappa shape index (κ1) is 31.6. The number of rotatable bonds is 7. The maximum absolute atomic E-state index is 14.2. The number of hydrogen-bond donors (Lipinski definition) is 2. The molecule has 1 heterocycles. The Kier molecular flexibility index (Phi) is 9.19. The highest BCUT2D eigenvalue weighted by molar-refractivity contribution is 9.10. The lowest BCUT2D eigenvalue weighted by Crippen LogP contribution is -2.55. The van der Waals surface area contributed by atoms with Crippen molar-refractivity contribution in [1.82, 2.24) is 10.2 Å². The highest BCUT2D eigenvalue weighted by Crippen LogP contribution is 2.38. The summed E-state index contributed by atoms with van der Waals surface area (Å²) in [6.07, 6.45) is -0.701. The van der Waals surface area contributed by atoms with Crippen molar-refractivity contribution in [1.29, 1.82) is 0 Å². The van der Waals surface area contributed by atoms with Crippen molar-refractivity contribution in [2.45, 2.75) is 51.9 Å². The van der Waals surface area contributed by atoms with Gasteiger partial charge in [0, 0.05) is 17.1 Å². The number of benzene rings is 3. The molecular formula is C31H34BrN3O8. The van der Waals surface area contributed by atoms with Gasteiger partial charge in [0.05, 0.1) is 19.3 Å². The van der Waals surface area contributed by atoms with E-state index in [1.807, 2.05) is 24.3 Å². The average molecular weight is 657 g/mol. The fourth-order valence-electron chi connectivity index (χ4n) is 4.69. The van der Waals surface area contributed by atoms with Gasteiger partial charge in [-0.25, -0.2) is 9.59 Å². The quantitative estimate of drug-likeness (QED) is 0.364. The van der Waals surface area contributed by atoms with Gasteiger partial charge in [-0.15, -0.1) is 0 Å². The summed E-state index contributed by atoms with van der Waals surface area (Å²) in [4.78, 5) is 54.6. The number of ether oxygens (including phenoxy) is 3. The van der Waals surface area contributed by atoms with Crippen LogP contribution in [0.5, 0.6) is 11.5 Å². The van der Waals surface area contributed by atoms with Crippen LogP contribution in [0.2, 0.25) is 0 Å². The molecule has 0 aliphatic carbocycles. The minimum atomic E-state index is -1.23. The third-order valence-electron chi connectivity index (χ3n) is 7.02. The molecule has 228 valence electrons. The third kappa shape index (κ3) is 6.85. The molecule has 0 saturated heterocycles. The molecule has 0 unspecified atom stereocenters. The zero-order valence-electron chi connectivity index (χ0n) is 24.8. The molecule has 3 aromatic carbocycles. The van der Waals surface area contributed by atoms with Gasteiger partial charge in [-0.1, -0.05) is 34.1 Å². The fourth-order valence-corrected chi connectivity index (χ4v) is 5.07. The van der Waals surface area contributed by atoms with Gasteiger partial charge < -0.3 is 29.5 Å². The molecule has 1 aliphatic rings. The van der Waals surface area contributed by atoms with Crippen molar-refractivity contribution < 1.29 is 38.5 Å². The Balaban J connectivity index is 1.73. The maximum Gasteiger partial charge on any atom is 0.410 e. The standard InChI is InChI=1S/C31H34BrN3O8/c1-17(34(5)30(40)43-31(2,3)4)27(36)33-23-16-42-26-21(29(38)39)8-7-9-24(26)35(28(23)37)15-22-20-12-11-19(32)14-18(20)10-13-25(22)41-6/h7-14,17,23H,15-16H2,1-6H3,(H,33,36)(H,38,39)/t17-,23-/m0/s1. The number of anilines is 1. The van der Waals surface area contributed by atoms with E-state index in [1.54, 1.807) is 32.9 Å². The van der Waals surface area contributed by atoms with Crippen LogP contribution in [0, 0.1) is 0 Å². The lowest BCUT2D eigenvalue weighted by atomic mass is 10.0. The van der Waals surface area contributed by atoms with Gasteiger partial charge in [-0.3, -0.25) is 14.5 Å². The van der Waals surface area contributed by atoms with Crippen molar-refractivity contribution in [2.24, 2.45) is 0 Å². The molecule has 0 fully saturated rings. The SMILES string of the molecule is COc1ccc2cc(Br)ccc2c1CN1C(=O)[C@@H](NC(=O)[C@H](C)N(C)C(=O)OC(C)(C)C)COc2c(C(=O)O)cccc21. The molecule has 3 aromatic rings. The molecule has 2 N–H and O–H groups in total. The number of hydrogen-bond acceptors (Lipinski definition) is 7. The predicted octanol–water partition coefficient (Wildman–Crippen LogP) is 4.97. The minimum Gasteiger partial charge on any atom is -0.496 e. The number of likely N-dealkylation sites (N-methyl/N-ethyl adjacent to an activating group) is 1. The van der Waals surface area contributed by atoms with E-state index in [4.69, 9.17) is 14.2 Å². The summed E-state index contributed by atoms with van der Waals surface area (Å²) in [5.74, 6) is -1.85. The van der Waals surface area contributed by atoms with Crippen LogP contribution < -0.4 is 19.7 Å². The zero-order valence-corrected chi connectivity index (χ0v) is 26.4. The summed E-state index contributed by atoms with van der Waals surface area (Å²) in [6, 6.07) is 11.7. The van der Waals surface area contributed by atoms with Crippen LogP contribution in [0.15, 0.2) is 53.0 Å². The maximum atomic E-state index is 14.2. The molecule has 3 amide bonds. The smallest absolute Gasteiger partial charge is 0.410 e. The van der Waals surface area contributed by atoms with Gasteiger partial charge in [0.1, 0.15) is 35.6 Å². The van der Waals surface area contributed by atoms with Crippen LogP contribution >= 0.6 is 15.9 Å². The summed E-state index contributed by atoms with van der Waals surface area (Å²) in [5, 5.41) is 14.3. The van der Waals surface area contributed by atoms with Gasteiger partial charge in [0.15, 0.2) is 5.75 Å². The van der Waals surface area contributed by atoms with Crippen LogP contribution in [-0.2, 0) is 20.9 Å². The Morgan fingerprint density at radius 1 is 1.19 bits per heavy atom. The number of carboxylic acids is 1. The summed E-state index contributed by atoms with van der Waals surface area (Å²) in [7, 11) is 2.95. The molecule has 0 radical (unpaired) electrons. The fraction of sp³-hybridized carbons (Fsp3) is 0.355. The van der Waals surface area contributed by atoms with E-state index < -0.39 is 41.6 Å². The Morgan fingerprint density at radius 2 is 1.91 bits per heavy atom. The second-order valence-corrected chi connectivity index (χ2v) is 12.1. The Morgan fingerprint density at radius 3 is 2.56 bits per heavy atom. The van der Waals surface area contributed by atoms with Crippen LogP contribution in [-0.4, -0.2) is 72.3 Å². The first-order valence-electron chi connectivity index (χ1n) is 13.5. The monoisotopic (exact) mass is 655 g/mol. The number of carboxylic acid groups (broad SMARTS) is 1. The molecule has 0 spiro atoms. The molecule has 0 bridgehead atoms.